The van der Waals surface area contributed by atoms with Crippen molar-refractivity contribution in [3.05, 3.63) is 47.3 Å². The molecule has 1 amide bonds. The number of aryl methyl sites for hydroxylation is 3. The van der Waals surface area contributed by atoms with E-state index in [0.717, 1.165) is 72.0 Å². The third-order valence-corrected chi connectivity index (χ3v) is 7.19. The van der Waals surface area contributed by atoms with Crippen molar-refractivity contribution in [2.45, 2.75) is 52.3 Å². The Morgan fingerprint density at radius 1 is 1.16 bits per heavy atom. The number of aromatic nitrogens is 3. The van der Waals surface area contributed by atoms with Gasteiger partial charge in [0.15, 0.2) is 0 Å². The summed E-state index contributed by atoms with van der Waals surface area (Å²) in [7, 11) is 1.67. The van der Waals surface area contributed by atoms with Crippen LogP contribution in [0.5, 0.6) is 5.75 Å². The molecule has 5 rings (SSSR count). The van der Waals surface area contributed by atoms with E-state index in [9.17, 15) is 4.79 Å². The molecule has 198 valence electrons. The quantitative estimate of drug-likeness (QED) is 0.439. The number of pyridine rings is 1. The van der Waals surface area contributed by atoms with E-state index in [1.165, 1.54) is 0 Å². The Labute approximate surface area is 218 Å². The summed E-state index contributed by atoms with van der Waals surface area (Å²) in [6.45, 7) is 9.26. The second-order valence-electron chi connectivity index (χ2n) is 9.94. The number of methoxy groups -OCH3 is 1. The van der Waals surface area contributed by atoms with E-state index < -0.39 is 0 Å². The van der Waals surface area contributed by atoms with Crippen LogP contribution in [0.4, 0.5) is 5.82 Å². The molecular formula is C28H37N5O4. The van der Waals surface area contributed by atoms with E-state index in [-0.39, 0.29) is 12.0 Å². The van der Waals surface area contributed by atoms with Gasteiger partial charge in [-0.3, -0.25) is 9.48 Å². The summed E-state index contributed by atoms with van der Waals surface area (Å²) in [5.41, 5.74) is 3.96. The van der Waals surface area contributed by atoms with E-state index in [1.54, 1.807) is 7.11 Å². The monoisotopic (exact) mass is 507 g/mol. The summed E-state index contributed by atoms with van der Waals surface area (Å²) in [6.07, 6.45) is 2.48. The third kappa shape index (κ3) is 6.05. The predicted molar refractivity (Wildman–Crippen MR) is 142 cm³/mol. The fourth-order valence-electron chi connectivity index (χ4n) is 5.23. The van der Waals surface area contributed by atoms with Gasteiger partial charge in [0.1, 0.15) is 11.6 Å². The zero-order valence-electron chi connectivity index (χ0n) is 22.1. The molecule has 37 heavy (non-hydrogen) atoms. The average molecular weight is 508 g/mol. The molecule has 1 aromatic carbocycles. The normalized spacial score (nSPS) is 17.9. The molecule has 0 saturated carbocycles. The number of ether oxygens (including phenoxy) is 3. The van der Waals surface area contributed by atoms with Crippen molar-refractivity contribution in [2.24, 2.45) is 0 Å². The van der Waals surface area contributed by atoms with E-state index in [1.807, 2.05) is 47.7 Å². The molecule has 9 heteroatoms. The SMILES string of the molecule is COc1ccc2cc(CN(CC3CCCO3)C(=O)CCn3nc(C)cc3C)c(N3CCOCC3)nc2c1. The Balaban J connectivity index is 1.44. The van der Waals surface area contributed by atoms with E-state index in [4.69, 9.17) is 19.2 Å². The molecular weight excluding hydrogens is 470 g/mol. The van der Waals surface area contributed by atoms with Crippen molar-refractivity contribution in [1.82, 2.24) is 19.7 Å². The second kappa shape index (κ2) is 11.5. The van der Waals surface area contributed by atoms with Crippen LogP contribution in [-0.2, 0) is 27.4 Å². The van der Waals surface area contributed by atoms with Crippen LogP contribution in [0.15, 0.2) is 30.3 Å². The number of hydrogen-bond acceptors (Lipinski definition) is 7. The molecule has 1 unspecified atom stereocenters. The number of fused-ring (bicyclic) bond motifs is 1. The number of benzene rings is 1. The van der Waals surface area contributed by atoms with Gasteiger partial charge < -0.3 is 24.0 Å². The van der Waals surface area contributed by atoms with E-state index in [2.05, 4.69) is 16.1 Å². The van der Waals surface area contributed by atoms with Crippen LogP contribution in [0.1, 0.15) is 36.2 Å². The van der Waals surface area contributed by atoms with Crippen LogP contribution >= 0.6 is 0 Å². The molecule has 2 aromatic heterocycles. The fourth-order valence-corrected chi connectivity index (χ4v) is 5.23. The molecule has 2 saturated heterocycles. The second-order valence-corrected chi connectivity index (χ2v) is 9.94. The summed E-state index contributed by atoms with van der Waals surface area (Å²) >= 11 is 0. The number of anilines is 1. The van der Waals surface area contributed by atoms with Crippen molar-refractivity contribution in [2.75, 3.05) is 51.5 Å². The minimum Gasteiger partial charge on any atom is -0.497 e. The van der Waals surface area contributed by atoms with Gasteiger partial charge in [-0.05, 0) is 51.0 Å². The maximum Gasteiger partial charge on any atom is 0.224 e. The van der Waals surface area contributed by atoms with Gasteiger partial charge >= 0.3 is 0 Å². The van der Waals surface area contributed by atoms with Crippen molar-refractivity contribution < 1.29 is 19.0 Å². The summed E-state index contributed by atoms with van der Waals surface area (Å²) in [5, 5.41) is 5.56. The minimum absolute atomic E-state index is 0.0714. The molecule has 0 spiro atoms. The van der Waals surface area contributed by atoms with Crippen molar-refractivity contribution >= 4 is 22.6 Å². The van der Waals surface area contributed by atoms with Crippen LogP contribution in [0.3, 0.4) is 0 Å². The number of rotatable bonds is 9. The first-order valence-corrected chi connectivity index (χ1v) is 13.2. The Morgan fingerprint density at radius 3 is 2.70 bits per heavy atom. The Hall–Kier alpha value is -3.17. The van der Waals surface area contributed by atoms with Crippen LogP contribution in [-0.4, -0.2) is 78.2 Å². The molecule has 9 nitrogen and oxygen atoms in total. The highest BCUT2D eigenvalue weighted by molar-refractivity contribution is 5.84. The minimum atomic E-state index is 0.0714. The Bertz CT molecular complexity index is 1230. The van der Waals surface area contributed by atoms with E-state index in [0.29, 0.717) is 39.3 Å². The van der Waals surface area contributed by atoms with Gasteiger partial charge in [-0.2, -0.15) is 5.10 Å². The molecule has 3 aromatic rings. The van der Waals surface area contributed by atoms with Crippen LogP contribution in [0, 0.1) is 13.8 Å². The molecule has 0 radical (unpaired) electrons. The first-order valence-electron chi connectivity index (χ1n) is 13.2. The molecule has 0 aliphatic carbocycles. The fraction of sp³-hybridized carbons (Fsp3) is 0.536. The van der Waals surface area contributed by atoms with Crippen molar-refractivity contribution in [3.63, 3.8) is 0 Å². The maximum atomic E-state index is 13.6. The Kier molecular flexibility index (Phi) is 7.90. The standard InChI is InChI=1S/C28H37N5O4/c1-20-15-21(2)33(30-20)9-8-27(34)32(19-25-5-4-12-37-25)18-23-16-22-6-7-24(35-3)17-26(22)29-28(23)31-10-13-36-14-11-31/h6-7,15-17,25H,4-5,8-14,18-19H2,1-3H3. The summed E-state index contributed by atoms with van der Waals surface area (Å²) in [4.78, 5) is 22.9. The number of hydrogen-bond donors (Lipinski definition) is 0. The zero-order chi connectivity index (χ0) is 25.8. The van der Waals surface area contributed by atoms with Gasteiger partial charge in [0.05, 0.1) is 37.6 Å². The lowest BCUT2D eigenvalue weighted by Crippen LogP contribution is -2.40. The molecule has 2 fully saturated rings. The summed E-state index contributed by atoms with van der Waals surface area (Å²) < 4.78 is 18.9. The topological polar surface area (TPSA) is 82.0 Å². The lowest BCUT2D eigenvalue weighted by Gasteiger charge is -2.32. The highest BCUT2D eigenvalue weighted by atomic mass is 16.5. The highest BCUT2D eigenvalue weighted by Crippen LogP contribution is 2.29. The molecule has 4 heterocycles. The third-order valence-electron chi connectivity index (χ3n) is 7.19. The van der Waals surface area contributed by atoms with Crippen molar-refractivity contribution in [1.29, 1.82) is 0 Å². The van der Waals surface area contributed by atoms with Crippen LogP contribution < -0.4 is 9.64 Å². The maximum absolute atomic E-state index is 13.6. The lowest BCUT2D eigenvalue weighted by atomic mass is 10.1. The number of amides is 1. The Morgan fingerprint density at radius 2 is 2.00 bits per heavy atom. The number of morpholine rings is 1. The molecule has 2 aliphatic rings. The van der Waals surface area contributed by atoms with Gasteiger partial charge in [0.2, 0.25) is 5.91 Å². The van der Waals surface area contributed by atoms with Gasteiger partial charge in [-0.25, -0.2) is 4.98 Å². The number of nitrogens with zero attached hydrogens (tertiary/aromatic N) is 5. The first kappa shape index (κ1) is 25.5. The average Bonchev–Trinajstić information content (AvgIpc) is 3.55. The molecule has 0 N–H and O–H groups in total. The molecule has 2 aliphatic heterocycles. The predicted octanol–water partition coefficient (Wildman–Crippen LogP) is 3.49. The van der Waals surface area contributed by atoms with Crippen LogP contribution in [0.2, 0.25) is 0 Å². The van der Waals surface area contributed by atoms with Gasteiger partial charge in [-0.1, -0.05) is 0 Å². The number of carbonyl (C=O) groups is 1. The van der Waals surface area contributed by atoms with Gasteiger partial charge in [0, 0.05) is 68.5 Å². The zero-order valence-corrected chi connectivity index (χ0v) is 22.1. The highest BCUT2D eigenvalue weighted by Gasteiger charge is 2.26. The summed E-state index contributed by atoms with van der Waals surface area (Å²) in [6, 6.07) is 10.2. The number of carbonyl (C=O) groups excluding carboxylic acids is 1. The first-order chi connectivity index (χ1) is 18.0. The van der Waals surface area contributed by atoms with E-state index >= 15 is 0 Å². The molecule has 0 bridgehead atoms. The van der Waals surface area contributed by atoms with Gasteiger partial charge in [0.25, 0.3) is 0 Å². The van der Waals surface area contributed by atoms with Crippen molar-refractivity contribution in [3.8, 4) is 5.75 Å². The lowest BCUT2D eigenvalue weighted by molar-refractivity contribution is -0.133. The molecule has 1 atom stereocenters. The summed E-state index contributed by atoms with van der Waals surface area (Å²) in [5.74, 6) is 1.79. The smallest absolute Gasteiger partial charge is 0.224 e. The van der Waals surface area contributed by atoms with Crippen LogP contribution in [0.25, 0.3) is 10.9 Å². The largest absolute Gasteiger partial charge is 0.497 e. The van der Waals surface area contributed by atoms with Gasteiger partial charge in [-0.15, -0.1) is 0 Å².